The van der Waals surface area contributed by atoms with Gasteiger partial charge in [-0.2, -0.15) is 0 Å². The molecule has 3 nitrogen and oxygen atoms in total. The minimum Gasteiger partial charge on any atom is -0.330 e. The molecule has 0 aliphatic rings. The molecule has 3 N–H and O–H groups in total. The highest BCUT2D eigenvalue weighted by Crippen LogP contribution is 2.28. The minimum atomic E-state index is -0.195. The lowest BCUT2D eigenvalue weighted by Crippen LogP contribution is -2.26. The van der Waals surface area contributed by atoms with Crippen molar-refractivity contribution in [2.75, 3.05) is 18.1 Å². The van der Waals surface area contributed by atoms with E-state index in [4.69, 9.17) is 17.3 Å². The van der Waals surface area contributed by atoms with Gasteiger partial charge in [-0.15, -0.1) is 24.2 Å². The molecule has 0 aliphatic heterocycles. The maximum absolute atomic E-state index is 11.6. The zero-order valence-electron chi connectivity index (χ0n) is 9.70. The third kappa shape index (κ3) is 4.76. The van der Waals surface area contributed by atoms with Crippen molar-refractivity contribution in [1.29, 1.82) is 0 Å². The normalized spacial score (nSPS) is 11.5. The van der Waals surface area contributed by atoms with Crippen molar-refractivity contribution in [3.63, 3.8) is 0 Å². The molecule has 96 valence electrons. The Kier molecular flexibility index (Phi) is 7.63. The largest absolute Gasteiger partial charge is 0.330 e. The second-order valence-corrected chi connectivity index (χ2v) is 4.73. The molecule has 6 heteroatoms. The lowest BCUT2D eigenvalue weighted by atomic mass is 10.1. The summed E-state index contributed by atoms with van der Waals surface area (Å²) in [5, 5.41) is 3.42. The van der Waals surface area contributed by atoms with E-state index in [1.165, 1.54) is 0 Å². The van der Waals surface area contributed by atoms with Crippen LogP contribution in [0.3, 0.4) is 0 Å². The second kappa shape index (κ2) is 7.82. The van der Waals surface area contributed by atoms with E-state index in [0.717, 1.165) is 4.90 Å². The number of halogens is 2. The Bertz CT molecular complexity index is 388. The van der Waals surface area contributed by atoms with Gasteiger partial charge in [-0.05, 0) is 24.5 Å². The van der Waals surface area contributed by atoms with Crippen LogP contribution in [0.1, 0.15) is 6.92 Å². The van der Waals surface area contributed by atoms with E-state index in [1.807, 2.05) is 18.4 Å². The van der Waals surface area contributed by atoms with E-state index in [2.05, 4.69) is 5.32 Å². The Labute approximate surface area is 117 Å². The number of rotatable bonds is 4. The summed E-state index contributed by atoms with van der Waals surface area (Å²) in [7, 11) is 0. The molecule has 1 atom stereocenters. The highest BCUT2D eigenvalue weighted by molar-refractivity contribution is 7.98. The van der Waals surface area contributed by atoms with Gasteiger partial charge in [0.15, 0.2) is 0 Å². The molecule has 0 heterocycles. The van der Waals surface area contributed by atoms with Gasteiger partial charge in [0.25, 0.3) is 0 Å². The van der Waals surface area contributed by atoms with Crippen molar-refractivity contribution in [3.8, 4) is 0 Å². The molecule has 0 saturated carbocycles. The van der Waals surface area contributed by atoms with Gasteiger partial charge in [-0.25, -0.2) is 0 Å². The molecule has 0 aliphatic carbocycles. The van der Waals surface area contributed by atoms with Gasteiger partial charge in [-0.3, -0.25) is 4.79 Å². The van der Waals surface area contributed by atoms with Crippen LogP contribution in [-0.4, -0.2) is 18.7 Å². The van der Waals surface area contributed by atoms with E-state index in [0.29, 0.717) is 17.3 Å². The first-order valence-corrected chi connectivity index (χ1v) is 6.53. The Morgan fingerprint density at radius 1 is 1.59 bits per heavy atom. The third-order valence-corrected chi connectivity index (χ3v) is 3.44. The van der Waals surface area contributed by atoms with Crippen LogP contribution < -0.4 is 11.1 Å². The number of amides is 1. The van der Waals surface area contributed by atoms with Crippen LogP contribution in [0, 0.1) is 5.92 Å². The van der Waals surface area contributed by atoms with Gasteiger partial charge in [0.05, 0.1) is 5.02 Å². The van der Waals surface area contributed by atoms with Crippen LogP contribution >= 0.6 is 35.8 Å². The lowest BCUT2D eigenvalue weighted by molar-refractivity contribution is -0.119. The number of nitrogens with one attached hydrogen (secondary N) is 1. The first kappa shape index (κ1) is 16.6. The predicted octanol–water partition coefficient (Wildman–Crippen LogP) is 3.02. The van der Waals surface area contributed by atoms with Gasteiger partial charge >= 0.3 is 0 Å². The Morgan fingerprint density at radius 2 is 2.24 bits per heavy atom. The van der Waals surface area contributed by atoms with Crippen LogP contribution in [-0.2, 0) is 4.79 Å². The zero-order valence-corrected chi connectivity index (χ0v) is 12.1. The van der Waals surface area contributed by atoms with Crippen LogP contribution in [0.4, 0.5) is 5.69 Å². The number of benzene rings is 1. The minimum absolute atomic E-state index is 0. The van der Waals surface area contributed by atoms with E-state index >= 15 is 0 Å². The molecule has 0 bridgehead atoms. The van der Waals surface area contributed by atoms with Gasteiger partial charge in [0.1, 0.15) is 0 Å². The molecule has 0 aromatic heterocycles. The van der Waals surface area contributed by atoms with Crippen LogP contribution in [0.2, 0.25) is 5.02 Å². The summed E-state index contributed by atoms with van der Waals surface area (Å²) in [5.74, 6) is -0.283. The summed E-state index contributed by atoms with van der Waals surface area (Å²) >= 11 is 7.60. The zero-order chi connectivity index (χ0) is 12.1. The number of carbonyl (C=O) groups is 1. The highest BCUT2D eigenvalue weighted by Gasteiger charge is 2.11. The molecular weight excluding hydrogens is 279 g/mol. The second-order valence-electron chi connectivity index (χ2n) is 3.48. The number of anilines is 1. The van der Waals surface area contributed by atoms with Crippen LogP contribution in [0.25, 0.3) is 0 Å². The van der Waals surface area contributed by atoms with Crippen molar-refractivity contribution in [1.82, 2.24) is 0 Å². The predicted molar refractivity (Wildman–Crippen MR) is 77.3 cm³/mol. The first-order valence-electron chi connectivity index (χ1n) is 4.93. The molecule has 0 fully saturated rings. The Hall–Kier alpha value is -0.420. The summed E-state index contributed by atoms with van der Waals surface area (Å²) in [4.78, 5) is 12.6. The molecule has 0 saturated heterocycles. The SMILES string of the molecule is CSc1ccc(NC(=O)C(C)CN)cc1Cl.Cl. The smallest absolute Gasteiger partial charge is 0.228 e. The van der Waals surface area contributed by atoms with Crippen LogP contribution in [0.15, 0.2) is 23.1 Å². The summed E-state index contributed by atoms with van der Waals surface area (Å²) < 4.78 is 0. The van der Waals surface area contributed by atoms with Crippen molar-refractivity contribution in [2.24, 2.45) is 11.7 Å². The lowest BCUT2D eigenvalue weighted by Gasteiger charge is -2.10. The third-order valence-electron chi connectivity index (χ3n) is 2.22. The molecule has 0 spiro atoms. The number of hydrogen-bond donors (Lipinski definition) is 2. The summed E-state index contributed by atoms with van der Waals surface area (Å²) in [5.41, 5.74) is 6.11. The fourth-order valence-electron chi connectivity index (χ4n) is 1.12. The topological polar surface area (TPSA) is 55.1 Å². The highest BCUT2D eigenvalue weighted by atomic mass is 35.5. The Morgan fingerprint density at radius 3 is 2.71 bits per heavy atom. The molecule has 1 amide bonds. The molecule has 1 aromatic carbocycles. The summed E-state index contributed by atoms with van der Waals surface area (Å²) in [6.07, 6.45) is 1.95. The van der Waals surface area contributed by atoms with E-state index in [9.17, 15) is 4.79 Å². The maximum Gasteiger partial charge on any atom is 0.228 e. The molecule has 1 rings (SSSR count). The fourth-order valence-corrected chi connectivity index (χ4v) is 1.99. The van der Waals surface area contributed by atoms with Gasteiger partial charge in [0.2, 0.25) is 5.91 Å². The quantitative estimate of drug-likeness (QED) is 0.840. The van der Waals surface area contributed by atoms with Gasteiger partial charge in [-0.1, -0.05) is 18.5 Å². The van der Waals surface area contributed by atoms with Crippen LogP contribution in [0.5, 0.6) is 0 Å². The van der Waals surface area contributed by atoms with Crippen molar-refractivity contribution in [2.45, 2.75) is 11.8 Å². The van der Waals surface area contributed by atoms with Crippen molar-refractivity contribution >= 4 is 47.4 Å². The van der Waals surface area contributed by atoms with Crippen molar-refractivity contribution < 1.29 is 4.79 Å². The Balaban J connectivity index is 0.00000256. The van der Waals surface area contributed by atoms with E-state index < -0.39 is 0 Å². The number of thioether (sulfide) groups is 1. The average Bonchev–Trinajstić information content (AvgIpc) is 2.28. The molecular formula is C11H16Cl2N2OS. The number of carbonyl (C=O) groups excluding carboxylic acids is 1. The van der Waals surface area contributed by atoms with Gasteiger partial charge in [0, 0.05) is 23.0 Å². The standard InChI is InChI=1S/C11H15ClN2OS.ClH/c1-7(6-13)11(15)14-8-3-4-10(16-2)9(12)5-8;/h3-5,7H,6,13H2,1-2H3,(H,14,15);1H. The maximum atomic E-state index is 11.6. The molecule has 1 aromatic rings. The first-order chi connectivity index (χ1) is 7.58. The van der Waals surface area contributed by atoms with E-state index in [1.54, 1.807) is 24.8 Å². The van der Waals surface area contributed by atoms with E-state index in [-0.39, 0.29) is 24.2 Å². The number of nitrogens with two attached hydrogens (primary N) is 1. The molecule has 1 unspecified atom stereocenters. The summed E-state index contributed by atoms with van der Waals surface area (Å²) in [6.45, 7) is 2.12. The van der Waals surface area contributed by atoms with Crippen molar-refractivity contribution in [3.05, 3.63) is 23.2 Å². The molecule has 0 radical (unpaired) electrons. The molecule has 17 heavy (non-hydrogen) atoms. The summed E-state index contributed by atoms with van der Waals surface area (Å²) in [6, 6.07) is 5.46. The average molecular weight is 295 g/mol. The number of hydrogen-bond acceptors (Lipinski definition) is 3. The monoisotopic (exact) mass is 294 g/mol. The van der Waals surface area contributed by atoms with Gasteiger partial charge < -0.3 is 11.1 Å². The fraction of sp³-hybridized carbons (Fsp3) is 0.364.